The van der Waals surface area contributed by atoms with E-state index in [1.54, 1.807) is 12.1 Å². The highest BCUT2D eigenvalue weighted by Crippen LogP contribution is 2.24. The van der Waals surface area contributed by atoms with Gasteiger partial charge in [0.25, 0.3) is 0 Å². The molecule has 2 N–H and O–H groups in total. The fourth-order valence-corrected chi connectivity index (χ4v) is 5.28. The third-order valence-corrected chi connectivity index (χ3v) is 8.09. The van der Waals surface area contributed by atoms with E-state index in [4.69, 9.17) is 27.9 Å². The Morgan fingerprint density at radius 3 is 2.27 bits per heavy atom. The van der Waals surface area contributed by atoms with Gasteiger partial charge in [0.2, 0.25) is 15.9 Å². The molecule has 1 amide bonds. The van der Waals surface area contributed by atoms with Crippen molar-refractivity contribution >= 4 is 57.2 Å². The number of hydrogen-bond acceptors (Lipinski definition) is 6. The minimum absolute atomic E-state index is 0. The van der Waals surface area contributed by atoms with Gasteiger partial charge in [-0.25, -0.2) is 13.1 Å². The molecule has 0 aliphatic carbocycles. The number of sulfonamides is 1. The van der Waals surface area contributed by atoms with Crippen LogP contribution in [0.25, 0.3) is 0 Å². The molecule has 1 aliphatic rings. The summed E-state index contributed by atoms with van der Waals surface area (Å²) in [6.45, 7) is 3.62. The predicted molar refractivity (Wildman–Crippen MR) is 167 cm³/mol. The molecule has 1 aliphatic heterocycles. The fourth-order valence-electron chi connectivity index (χ4n) is 4.54. The van der Waals surface area contributed by atoms with Crippen LogP contribution in [0.4, 0.5) is 5.69 Å². The van der Waals surface area contributed by atoms with Gasteiger partial charge in [-0.05, 0) is 34.9 Å². The van der Waals surface area contributed by atoms with Crippen molar-refractivity contribution in [2.75, 3.05) is 43.9 Å². The number of nitrogens with zero attached hydrogens (tertiary/aromatic N) is 2. The summed E-state index contributed by atoms with van der Waals surface area (Å²) in [4.78, 5) is 17.7. The van der Waals surface area contributed by atoms with Crippen molar-refractivity contribution in [1.29, 1.82) is 0 Å². The molecule has 1 heterocycles. The SMILES string of the molecule is CS(=O)(=O)NCc1ccccc1N1CCN(C(=O)[C@H](COCc2ccc(Cl)c(Cl)c2)NCc2ccccc2)CC1.Cl. The Morgan fingerprint density at radius 1 is 0.902 bits per heavy atom. The standard InChI is InChI=1S/C29H34Cl2N4O4S.ClH/c1-40(37,38)33-19-24-9-5-6-10-28(24)34-13-15-35(16-14-34)29(36)27(32-18-22-7-3-2-4-8-22)21-39-20-23-11-12-25(30)26(31)17-23;/h2-12,17,27,32-33H,13-16,18-21H2,1H3;1H/t27-;/m0./s1. The second kappa shape index (κ2) is 15.7. The Balaban J connectivity index is 0.00000462. The van der Waals surface area contributed by atoms with E-state index in [2.05, 4.69) is 14.9 Å². The highest BCUT2D eigenvalue weighted by atomic mass is 35.5. The van der Waals surface area contributed by atoms with Gasteiger partial charge in [-0.3, -0.25) is 10.1 Å². The molecule has 0 unspecified atom stereocenters. The molecular formula is C29H35Cl3N4O4S. The van der Waals surface area contributed by atoms with Crippen LogP contribution >= 0.6 is 35.6 Å². The summed E-state index contributed by atoms with van der Waals surface area (Å²) < 4.78 is 31.7. The maximum Gasteiger partial charge on any atom is 0.242 e. The first-order valence-corrected chi connectivity index (χ1v) is 15.7. The molecule has 12 heteroatoms. The molecule has 0 saturated carbocycles. The number of nitrogens with one attached hydrogen (secondary N) is 2. The molecule has 0 radical (unpaired) electrons. The number of carbonyl (C=O) groups is 1. The molecule has 0 spiro atoms. The van der Waals surface area contributed by atoms with Gasteiger partial charge in [0, 0.05) is 45.0 Å². The van der Waals surface area contributed by atoms with Gasteiger partial charge in [0.05, 0.1) is 29.5 Å². The van der Waals surface area contributed by atoms with Gasteiger partial charge in [-0.2, -0.15) is 0 Å². The maximum absolute atomic E-state index is 13.6. The Labute approximate surface area is 258 Å². The lowest BCUT2D eigenvalue weighted by atomic mass is 10.1. The molecule has 41 heavy (non-hydrogen) atoms. The van der Waals surface area contributed by atoms with E-state index >= 15 is 0 Å². The average Bonchev–Trinajstić information content (AvgIpc) is 2.95. The molecule has 4 rings (SSSR count). The molecule has 222 valence electrons. The van der Waals surface area contributed by atoms with Crippen LogP contribution in [0, 0.1) is 0 Å². The first kappa shape index (κ1) is 33.1. The lowest BCUT2D eigenvalue weighted by Crippen LogP contribution is -2.55. The number of halogens is 3. The van der Waals surface area contributed by atoms with E-state index in [0.717, 1.165) is 28.6 Å². The van der Waals surface area contributed by atoms with Crippen LogP contribution in [0.3, 0.4) is 0 Å². The zero-order valence-corrected chi connectivity index (χ0v) is 25.9. The number of piperazine rings is 1. The minimum Gasteiger partial charge on any atom is -0.375 e. The Bertz CT molecular complexity index is 1390. The molecule has 8 nitrogen and oxygen atoms in total. The van der Waals surface area contributed by atoms with Crippen LogP contribution in [0.5, 0.6) is 0 Å². The van der Waals surface area contributed by atoms with Gasteiger partial charge < -0.3 is 14.5 Å². The maximum atomic E-state index is 13.6. The van der Waals surface area contributed by atoms with Crippen molar-refractivity contribution in [3.8, 4) is 0 Å². The van der Waals surface area contributed by atoms with Crippen LogP contribution in [0.2, 0.25) is 10.0 Å². The number of benzene rings is 3. The Hall–Kier alpha value is -2.37. The lowest BCUT2D eigenvalue weighted by Gasteiger charge is -2.38. The highest BCUT2D eigenvalue weighted by molar-refractivity contribution is 7.88. The average molecular weight is 642 g/mol. The largest absolute Gasteiger partial charge is 0.375 e. The van der Waals surface area contributed by atoms with E-state index in [0.29, 0.717) is 49.4 Å². The van der Waals surface area contributed by atoms with Crippen molar-refractivity contribution in [3.05, 3.63) is 99.5 Å². The van der Waals surface area contributed by atoms with E-state index in [-0.39, 0.29) is 31.5 Å². The summed E-state index contributed by atoms with van der Waals surface area (Å²) in [5, 5.41) is 4.33. The van der Waals surface area contributed by atoms with Crippen LogP contribution in [0.15, 0.2) is 72.8 Å². The topological polar surface area (TPSA) is 91.0 Å². The second-order valence-corrected chi connectivity index (χ2v) is 12.4. The number of hydrogen-bond donors (Lipinski definition) is 2. The van der Waals surface area contributed by atoms with Crippen molar-refractivity contribution in [2.45, 2.75) is 25.7 Å². The van der Waals surface area contributed by atoms with Gasteiger partial charge in [-0.1, -0.05) is 77.8 Å². The number of anilines is 1. The van der Waals surface area contributed by atoms with Crippen molar-refractivity contribution in [3.63, 3.8) is 0 Å². The van der Waals surface area contributed by atoms with Gasteiger partial charge in [-0.15, -0.1) is 12.4 Å². The van der Waals surface area contributed by atoms with Crippen molar-refractivity contribution in [1.82, 2.24) is 14.9 Å². The summed E-state index contributed by atoms with van der Waals surface area (Å²) in [5.74, 6) is -0.0169. The number of para-hydroxylation sites is 1. The van der Waals surface area contributed by atoms with E-state index in [1.807, 2.05) is 65.6 Å². The third-order valence-electron chi connectivity index (χ3n) is 6.68. The lowest BCUT2D eigenvalue weighted by molar-refractivity contribution is -0.135. The zero-order valence-electron chi connectivity index (χ0n) is 22.8. The smallest absolute Gasteiger partial charge is 0.242 e. The van der Waals surface area contributed by atoms with Crippen LogP contribution in [-0.2, 0) is 39.3 Å². The second-order valence-electron chi connectivity index (χ2n) is 9.72. The van der Waals surface area contributed by atoms with E-state index < -0.39 is 16.1 Å². The van der Waals surface area contributed by atoms with Crippen molar-refractivity contribution < 1.29 is 17.9 Å². The minimum atomic E-state index is -3.31. The summed E-state index contributed by atoms with van der Waals surface area (Å²) in [6.07, 6.45) is 1.15. The molecule has 0 bridgehead atoms. The Morgan fingerprint density at radius 2 is 1.59 bits per heavy atom. The van der Waals surface area contributed by atoms with Crippen LogP contribution in [0.1, 0.15) is 16.7 Å². The Kier molecular flexibility index (Phi) is 12.7. The highest BCUT2D eigenvalue weighted by Gasteiger charge is 2.28. The van der Waals surface area contributed by atoms with E-state index in [9.17, 15) is 13.2 Å². The monoisotopic (exact) mass is 640 g/mol. The number of carbonyl (C=O) groups excluding carboxylic acids is 1. The quantitative estimate of drug-likeness (QED) is 0.303. The summed E-state index contributed by atoms with van der Waals surface area (Å²) in [7, 11) is -3.31. The first-order chi connectivity index (χ1) is 19.2. The summed E-state index contributed by atoms with van der Waals surface area (Å²) in [6, 6.07) is 22.5. The molecule has 1 saturated heterocycles. The van der Waals surface area contributed by atoms with Crippen LogP contribution < -0.4 is 14.9 Å². The molecule has 0 aromatic heterocycles. The first-order valence-electron chi connectivity index (χ1n) is 13.0. The summed E-state index contributed by atoms with van der Waals surface area (Å²) >= 11 is 12.2. The fraction of sp³-hybridized carbons (Fsp3) is 0.345. The van der Waals surface area contributed by atoms with Crippen LogP contribution in [-0.4, -0.2) is 64.3 Å². The predicted octanol–water partition coefficient (Wildman–Crippen LogP) is 4.49. The van der Waals surface area contributed by atoms with Gasteiger partial charge in [0.1, 0.15) is 6.04 Å². The molecule has 1 fully saturated rings. The van der Waals surface area contributed by atoms with Gasteiger partial charge >= 0.3 is 0 Å². The normalized spacial score (nSPS) is 14.4. The molecule has 3 aromatic carbocycles. The van der Waals surface area contributed by atoms with Gasteiger partial charge in [0.15, 0.2) is 0 Å². The van der Waals surface area contributed by atoms with E-state index in [1.165, 1.54) is 0 Å². The molecule has 3 aromatic rings. The number of ether oxygens (including phenoxy) is 1. The number of rotatable bonds is 12. The molecular weight excluding hydrogens is 607 g/mol. The summed E-state index contributed by atoms with van der Waals surface area (Å²) in [5.41, 5.74) is 3.82. The third kappa shape index (κ3) is 10.1. The number of amides is 1. The zero-order chi connectivity index (χ0) is 28.5. The van der Waals surface area contributed by atoms with Crippen molar-refractivity contribution in [2.24, 2.45) is 0 Å². The molecule has 1 atom stereocenters.